The Morgan fingerprint density at radius 1 is 1.17 bits per heavy atom. The SMILES string of the molecule is CC(C)(C)OC(=O)N1CCCC(O)(c2cc(Cl)cc(Cl)c2)CC1. The number of hydrogen-bond donors (Lipinski definition) is 1. The predicted octanol–water partition coefficient (Wildman–Crippen LogP) is 4.60. The van der Waals surface area contributed by atoms with Crippen molar-refractivity contribution >= 4 is 29.3 Å². The highest BCUT2D eigenvalue weighted by Crippen LogP contribution is 2.35. The number of amides is 1. The molecule has 0 aliphatic carbocycles. The summed E-state index contributed by atoms with van der Waals surface area (Å²) in [5.41, 5.74) is -0.869. The second-order valence-corrected chi connectivity index (χ2v) is 7.88. The van der Waals surface area contributed by atoms with Crippen molar-refractivity contribution in [2.45, 2.75) is 51.2 Å². The fourth-order valence-corrected chi connectivity index (χ4v) is 3.27. The van der Waals surface area contributed by atoms with Crippen molar-refractivity contribution in [3.05, 3.63) is 33.8 Å². The standard InChI is InChI=1S/C17H23Cl2NO3/c1-16(2,3)23-15(21)20-7-4-5-17(22,6-8-20)12-9-13(18)11-14(19)10-12/h9-11,22H,4-8H2,1-3H3. The van der Waals surface area contributed by atoms with Crippen LogP contribution in [0.2, 0.25) is 10.0 Å². The largest absolute Gasteiger partial charge is 0.444 e. The van der Waals surface area contributed by atoms with Gasteiger partial charge in [-0.3, -0.25) is 0 Å². The Labute approximate surface area is 147 Å². The average molecular weight is 360 g/mol. The lowest BCUT2D eigenvalue weighted by Crippen LogP contribution is -2.38. The van der Waals surface area contributed by atoms with Gasteiger partial charge in [0.05, 0.1) is 5.60 Å². The van der Waals surface area contributed by atoms with Gasteiger partial charge in [-0.15, -0.1) is 0 Å². The first-order valence-corrected chi connectivity index (χ1v) is 8.52. The van der Waals surface area contributed by atoms with E-state index in [1.165, 1.54) is 0 Å². The Morgan fingerprint density at radius 3 is 2.35 bits per heavy atom. The third-order valence-electron chi connectivity index (χ3n) is 3.87. The molecule has 2 rings (SSSR count). The monoisotopic (exact) mass is 359 g/mol. The first kappa shape index (κ1) is 18.4. The number of halogens is 2. The van der Waals surface area contributed by atoms with Crippen molar-refractivity contribution in [1.82, 2.24) is 4.90 Å². The lowest BCUT2D eigenvalue weighted by molar-refractivity contribution is 0.0128. The zero-order valence-electron chi connectivity index (χ0n) is 13.7. The Hall–Kier alpha value is -0.970. The number of carbonyl (C=O) groups is 1. The minimum Gasteiger partial charge on any atom is -0.444 e. The third kappa shape index (κ3) is 5.00. The molecule has 4 nitrogen and oxygen atoms in total. The van der Waals surface area contributed by atoms with Crippen molar-refractivity contribution in [3.63, 3.8) is 0 Å². The van der Waals surface area contributed by atoms with Crippen LogP contribution in [0.5, 0.6) is 0 Å². The van der Waals surface area contributed by atoms with Crippen LogP contribution in [-0.2, 0) is 10.3 Å². The number of nitrogens with zero attached hydrogens (tertiary/aromatic N) is 1. The molecule has 1 atom stereocenters. The summed E-state index contributed by atoms with van der Waals surface area (Å²) in [6, 6.07) is 5.10. The fraction of sp³-hybridized carbons (Fsp3) is 0.588. The van der Waals surface area contributed by atoms with Gasteiger partial charge in [-0.25, -0.2) is 4.79 Å². The summed E-state index contributed by atoms with van der Waals surface area (Å²) in [5.74, 6) is 0. The van der Waals surface area contributed by atoms with E-state index in [4.69, 9.17) is 27.9 Å². The van der Waals surface area contributed by atoms with Crippen LogP contribution in [0.3, 0.4) is 0 Å². The van der Waals surface area contributed by atoms with Gasteiger partial charge in [-0.05, 0) is 63.8 Å². The highest BCUT2D eigenvalue weighted by atomic mass is 35.5. The van der Waals surface area contributed by atoms with E-state index in [-0.39, 0.29) is 6.09 Å². The number of carbonyl (C=O) groups excluding carboxylic acids is 1. The summed E-state index contributed by atoms with van der Waals surface area (Å²) in [5, 5.41) is 12.0. The molecule has 0 bridgehead atoms. The first-order chi connectivity index (χ1) is 10.6. The predicted molar refractivity (Wildman–Crippen MR) is 92.0 cm³/mol. The number of rotatable bonds is 1. The van der Waals surface area contributed by atoms with Gasteiger partial charge in [0.25, 0.3) is 0 Å². The van der Waals surface area contributed by atoms with E-state index in [0.717, 1.165) is 0 Å². The van der Waals surface area contributed by atoms with Crippen molar-refractivity contribution in [1.29, 1.82) is 0 Å². The van der Waals surface area contributed by atoms with Crippen molar-refractivity contribution in [3.8, 4) is 0 Å². The molecule has 1 fully saturated rings. The zero-order valence-corrected chi connectivity index (χ0v) is 15.2. The molecule has 1 N–H and O–H groups in total. The molecule has 0 aromatic heterocycles. The third-order valence-corrected chi connectivity index (χ3v) is 4.30. The Kier molecular flexibility index (Phi) is 5.49. The fourth-order valence-electron chi connectivity index (χ4n) is 2.74. The number of likely N-dealkylation sites (tertiary alicyclic amines) is 1. The maximum absolute atomic E-state index is 12.2. The zero-order chi connectivity index (χ0) is 17.3. The number of hydrogen-bond acceptors (Lipinski definition) is 3. The lowest BCUT2D eigenvalue weighted by Gasteiger charge is -2.29. The summed E-state index contributed by atoms with van der Waals surface area (Å²) in [7, 11) is 0. The maximum atomic E-state index is 12.2. The molecule has 1 aliphatic rings. The van der Waals surface area contributed by atoms with Gasteiger partial charge in [-0.1, -0.05) is 23.2 Å². The van der Waals surface area contributed by atoms with E-state index in [1.54, 1.807) is 23.1 Å². The second-order valence-electron chi connectivity index (χ2n) is 7.01. The van der Waals surface area contributed by atoms with E-state index in [0.29, 0.717) is 48.0 Å². The van der Waals surface area contributed by atoms with Crippen LogP contribution in [0.1, 0.15) is 45.6 Å². The topological polar surface area (TPSA) is 49.8 Å². The Balaban J connectivity index is 2.12. The first-order valence-electron chi connectivity index (χ1n) is 7.76. The summed E-state index contributed by atoms with van der Waals surface area (Å²) >= 11 is 12.1. The molecule has 1 unspecified atom stereocenters. The van der Waals surface area contributed by atoms with Crippen LogP contribution >= 0.6 is 23.2 Å². The van der Waals surface area contributed by atoms with Gasteiger partial charge in [0.2, 0.25) is 0 Å². The van der Waals surface area contributed by atoms with Gasteiger partial charge in [-0.2, -0.15) is 0 Å². The van der Waals surface area contributed by atoms with E-state index >= 15 is 0 Å². The van der Waals surface area contributed by atoms with E-state index in [1.807, 2.05) is 20.8 Å². The molecule has 1 saturated heterocycles. The van der Waals surface area contributed by atoms with Crippen LogP contribution < -0.4 is 0 Å². The van der Waals surface area contributed by atoms with Gasteiger partial charge in [0, 0.05) is 23.1 Å². The number of aliphatic hydroxyl groups is 1. The maximum Gasteiger partial charge on any atom is 0.410 e. The number of benzene rings is 1. The average Bonchev–Trinajstić information content (AvgIpc) is 2.59. The summed E-state index contributed by atoms with van der Waals surface area (Å²) in [6.07, 6.45) is 1.30. The quantitative estimate of drug-likeness (QED) is 0.796. The molecule has 1 aliphatic heterocycles. The van der Waals surface area contributed by atoms with Gasteiger partial charge >= 0.3 is 6.09 Å². The highest BCUT2D eigenvalue weighted by molar-refractivity contribution is 6.34. The van der Waals surface area contributed by atoms with Gasteiger partial charge < -0.3 is 14.7 Å². The minimum atomic E-state index is -1.04. The molecule has 1 amide bonds. The molecule has 1 heterocycles. The summed E-state index contributed by atoms with van der Waals surface area (Å²) < 4.78 is 5.41. The highest BCUT2D eigenvalue weighted by Gasteiger charge is 2.34. The van der Waals surface area contributed by atoms with Crippen LogP contribution in [-0.4, -0.2) is 34.8 Å². The van der Waals surface area contributed by atoms with E-state index in [2.05, 4.69) is 0 Å². The van der Waals surface area contributed by atoms with Crippen LogP contribution in [0.15, 0.2) is 18.2 Å². The van der Waals surface area contributed by atoms with E-state index < -0.39 is 11.2 Å². The molecular weight excluding hydrogens is 337 g/mol. The second kappa shape index (κ2) is 6.88. The minimum absolute atomic E-state index is 0.342. The van der Waals surface area contributed by atoms with Gasteiger partial charge in [0.15, 0.2) is 0 Å². The molecule has 1 aromatic carbocycles. The molecule has 6 heteroatoms. The van der Waals surface area contributed by atoms with Crippen molar-refractivity contribution in [2.75, 3.05) is 13.1 Å². The van der Waals surface area contributed by atoms with Crippen LogP contribution in [0.4, 0.5) is 4.79 Å². The normalized spacial score (nSPS) is 22.6. The van der Waals surface area contributed by atoms with E-state index in [9.17, 15) is 9.90 Å². The lowest BCUT2D eigenvalue weighted by atomic mass is 9.87. The smallest absolute Gasteiger partial charge is 0.410 e. The summed E-state index contributed by atoms with van der Waals surface area (Å²) in [6.45, 7) is 6.51. The molecular formula is C17H23Cl2NO3. The Morgan fingerprint density at radius 2 is 1.78 bits per heavy atom. The Bertz CT molecular complexity index is 565. The van der Waals surface area contributed by atoms with Crippen molar-refractivity contribution in [2.24, 2.45) is 0 Å². The number of ether oxygens (including phenoxy) is 1. The summed E-state index contributed by atoms with van der Waals surface area (Å²) in [4.78, 5) is 13.9. The molecule has 23 heavy (non-hydrogen) atoms. The molecule has 1 aromatic rings. The van der Waals surface area contributed by atoms with Gasteiger partial charge in [0.1, 0.15) is 5.60 Å². The van der Waals surface area contributed by atoms with Crippen LogP contribution in [0, 0.1) is 0 Å². The molecule has 128 valence electrons. The van der Waals surface area contributed by atoms with Crippen LogP contribution in [0.25, 0.3) is 0 Å². The van der Waals surface area contributed by atoms with Crippen molar-refractivity contribution < 1.29 is 14.6 Å². The molecule has 0 spiro atoms. The molecule has 0 radical (unpaired) electrons. The molecule has 0 saturated carbocycles.